The Bertz CT molecular complexity index is 317. The Morgan fingerprint density at radius 2 is 2.08 bits per heavy atom. The van der Waals surface area contributed by atoms with Crippen molar-refractivity contribution in [1.29, 1.82) is 0 Å². The Hall–Kier alpha value is -0.670. The molecule has 2 rings (SSSR count). The number of nitrogens with zero attached hydrogens (tertiary/aromatic N) is 1. The van der Waals surface area contributed by atoms with E-state index in [0.717, 1.165) is 5.69 Å². The summed E-state index contributed by atoms with van der Waals surface area (Å²) < 4.78 is -0.416. The number of rotatable bonds is 1. The molecule has 1 aromatic rings. The number of alkyl halides is 1. The van der Waals surface area contributed by atoms with Crippen molar-refractivity contribution in [3.63, 3.8) is 0 Å². The summed E-state index contributed by atoms with van der Waals surface area (Å²) in [6.45, 7) is 0. The first-order valence-electron chi connectivity index (χ1n) is 3.91. The van der Waals surface area contributed by atoms with Gasteiger partial charge in [-0.15, -0.1) is 23.4 Å². The van der Waals surface area contributed by atoms with E-state index in [-0.39, 0.29) is 5.91 Å². The van der Waals surface area contributed by atoms with Crippen molar-refractivity contribution in [2.75, 3.05) is 10.8 Å². The molecule has 0 spiro atoms. The number of halogens is 1. The Morgan fingerprint density at radius 1 is 1.38 bits per heavy atom. The van der Waals surface area contributed by atoms with Gasteiger partial charge in [-0.25, -0.2) is 0 Å². The number of hydrogen-bond donors (Lipinski definition) is 0. The van der Waals surface area contributed by atoms with Crippen molar-refractivity contribution in [1.82, 2.24) is 0 Å². The van der Waals surface area contributed by atoms with Crippen LogP contribution in [-0.4, -0.2) is 16.5 Å². The highest BCUT2D eigenvalue weighted by Crippen LogP contribution is 2.30. The van der Waals surface area contributed by atoms with Crippen molar-refractivity contribution in [3.05, 3.63) is 30.3 Å². The summed E-state index contributed by atoms with van der Waals surface area (Å²) in [7, 11) is 0. The van der Waals surface area contributed by atoms with E-state index >= 15 is 0 Å². The first-order chi connectivity index (χ1) is 6.29. The molecule has 2 nitrogen and oxygen atoms in total. The number of benzene rings is 1. The average Bonchev–Trinajstić information content (AvgIpc) is 2.49. The fourth-order valence-electron chi connectivity index (χ4n) is 1.21. The zero-order chi connectivity index (χ0) is 9.26. The van der Waals surface area contributed by atoms with Gasteiger partial charge < -0.3 is 4.90 Å². The van der Waals surface area contributed by atoms with E-state index in [1.165, 1.54) is 11.8 Å². The Labute approximate surface area is 85.9 Å². The van der Waals surface area contributed by atoms with Crippen LogP contribution >= 0.6 is 23.4 Å². The second-order valence-corrected chi connectivity index (χ2v) is 4.47. The lowest BCUT2D eigenvalue weighted by Crippen LogP contribution is -2.26. The number of hydrogen-bond acceptors (Lipinski definition) is 2. The van der Waals surface area contributed by atoms with E-state index in [1.807, 2.05) is 30.3 Å². The minimum Gasteiger partial charge on any atom is -0.301 e. The molecule has 13 heavy (non-hydrogen) atoms. The van der Waals surface area contributed by atoms with E-state index in [2.05, 4.69) is 0 Å². The number of carbonyl (C=O) groups excluding carboxylic acids is 1. The smallest absolute Gasteiger partial charge is 0.256 e. The van der Waals surface area contributed by atoms with Crippen LogP contribution in [0.3, 0.4) is 0 Å². The molecule has 1 saturated heterocycles. The van der Waals surface area contributed by atoms with Crippen molar-refractivity contribution in [3.8, 4) is 0 Å². The lowest BCUT2D eigenvalue weighted by Gasteiger charge is -2.13. The number of thioether (sulfide) groups is 1. The second kappa shape index (κ2) is 3.60. The third kappa shape index (κ3) is 1.67. The van der Waals surface area contributed by atoms with Crippen molar-refractivity contribution in [2.24, 2.45) is 0 Å². The molecule has 0 bridgehead atoms. The maximum absolute atomic E-state index is 11.5. The largest absolute Gasteiger partial charge is 0.301 e. The van der Waals surface area contributed by atoms with E-state index in [9.17, 15) is 4.79 Å². The fraction of sp³-hybridized carbons (Fsp3) is 0.222. The molecular formula is C9H8ClNOS. The minimum atomic E-state index is -0.416. The summed E-state index contributed by atoms with van der Waals surface area (Å²) in [5, 5.41) is 0. The van der Waals surface area contributed by atoms with Gasteiger partial charge >= 0.3 is 0 Å². The molecule has 68 valence electrons. The van der Waals surface area contributed by atoms with Gasteiger partial charge in [0.15, 0.2) is 4.71 Å². The highest BCUT2D eigenvalue weighted by molar-refractivity contribution is 8.02. The molecular weight excluding hydrogens is 206 g/mol. The summed E-state index contributed by atoms with van der Waals surface area (Å²) in [6.07, 6.45) is 0. The Kier molecular flexibility index (Phi) is 2.47. The van der Waals surface area contributed by atoms with Gasteiger partial charge in [0, 0.05) is 5.69 Å². The van der Waals surface area contributed by atoms with Gasteiger partial charge in [0.25, 0.3) is 5.91 Å². The van der Waals surface area contributed by atoms with Crippen LogP contribution in [-0.2, 0) is 4.79 Å². The molecule has 1 unspecified atom stereocenters. The topological polar surface area (TPSA) is 20.3 Å². The van der Waals surface area contributed by atoms with Crippen LogP contribution in [0.1, 0.15) is 0 Å². The molecule has 0 aromatic heterocycles. The SMILES string of the molecule is O=C1C(Cl)SCN1c1ccccc1. The minimum absolute atomic E-state index is 0.0159. The molecule has 0 aliphatic carbocycles. The van der Waals surface area contributed by atoms with Crippen LogP contribution in [0.15, 0.2) is 30.3 Å². The maximum Gasteiger partial charge on any atom is 0.256 e. The highest BCUT2D eigenvalue weighted by atomic mass is 35.5. The highest BCUT2D eigenvalue weighted by Gasteiger charge is 2.31. The average molecular weight is 214 g/mol. The Morgan fingerprint density at radius 3 is 2.62 bits per heavy atom. The first-order valence-corrected chi connectivity index (χ1v) is 5.39. The lowest BCUT2D eigenvalue weighted by molar-refractivity contribution is -0.116. The number of carbonyl (C=O) groups is 1. The van der Waals surface area contributed by atoms with Gasteiger partial charge in [0.05, 0.1) is 5.88 Å². The molecule has 1 heterocycles. The molecule has 0 N–H and O–H groups in total. The summed E-state index contributed by atoms with van der Waals surface area (Å²) in [5.74, 6) is 0.634. The maximum atomic E-state index is 11.5. The molecule has 1 aromatic carbocycles. The molecule has 1 fully saturated rings. The molecule has 1 aliphatic rings. The normalized spacial score (nSPS) is 22.4. The summed E-state index contributed by atoms with van der Waals surface area (Å²) in [4.78, 5) is 13.2. The van der Waals surface area contributed by atoms with Gasteiger partial charge in [0.2, 0.25) is 0 Å². The van der Waals surface area contributed by atoms with Gasteiger partial charge in [-0.05, 0) is 12.1 Å². The van der Waals surface area contributed by atoms with Crippen LogP contribution in [0.25, 0.3) is 0 Å². The van der Waals surface area contributed by atoms with E-state index in [1.54, 1.807) is 4.90 Å². The zero-order valence-electron chi connectivity index (χ0n) is 6.81. The standard InChI is InChI=1S/C9H8ClNOS/c10-8-9(12)11(6-13-8)7-4-2-1-3-5-7/h1-5,8H,6H2. The van der Waals surface area contributed by atoms with Crippen molar-refractivity contribution in [2.45, 2.75) is 4.71 Å². The van der Waals surface area contributed by atoms with Gasteiger partial charge in [0.1, 0.15) is 0 Å². The van der Waals surface area contributed by atoms with Crippen LogP contribution in [0.4, 0.5) is 5.69 Å². The van der Waals surface area contributed by atoms with Crippen LogP contribution in [0.5, 0.6) is 0 Å². The van der Waals surface area contributed by atoms with Crippen LogP contribution in [0, 0.1) is 0 Å². The first kappa shape index (κ1) is 8.91. The van der Waals surface area contributed by atoms with Crippen molar-refractivity contribution >= 4 is 35.0 Å². The third-order valence-electron chi connectivity index (χ3n) is 1.88. The fourth-order valence-corrected chi connectivity index (χ4v) is 2.32. The third-order valence-corrected chi connectivity index (χ3v) is 3.34. The summed E-state index contributed by atoms with van der Waals surface area (Å²) in [5.41, 5.74) is 0.920. The molecule has 1 amide bonds. The van der Waals surface area contributed by atoms with Gasteiger partial charge in [-0.1, -0.05) is 18.2 Å². The predicted octanol–water partition coefficient (Wildman–Crippen LogP) is 2.29. The predicted molar refractivity (Wildman–Crippen MR) is 56.0 cm³/mol. The zero-order valence-corrected chi connectivity index (χ0v) is 8.39. The molecule has 0 radical (unpaired) electrons. The number of amides is 1. The van der Waals surface area contributed by atoms with E-state index < -0.39 is 4.71 Å². The monoisotopic (exact) mass is 213 g/mol. The van der Waals surface area contributed by atoms with E-state index in [4.69, 9.17) is 11.6 Å². The van der Waals surface area contributed by atoms with Crippen molar-refractivity contribution < 1.29 is 4.79 Å². The van der Waals surface area contributed by atoms with Crippen LogP contribution in [0.2, 0.25) is 0 Å². The van der Waals surface area contributed by atoms with Crippen LogP contribution < -0.4 is 4.90 Å². The summed E-state index contributed by atoms with van der Waals surface area (Å²) in [6, 6.07) is 9.57. The van der Waals surface area contributed by atoms with Gasteiger partial charge in [-0.3, -0.25) is 4.79 Å². The van der Waals surface area contributed by atoms with E-state index in [0.29, 0.717) is 5.88 Å². The molecule has 1 atom stereocenters. The quantitative estimate of drug-likeness (QED) is 0.668. The summed E-state index contributed by atoms with van der Waals surface area (Å²) >= 11 is 7.23. The molecule has 0 saturated carbocycles. The number of para-hydroxylation sites is 1. The Balaban J connectivity index is 2.24. The second-order valence-electron chi connectivity index (χ2n) is 2.71. The lowest BCUT2D eigenvalue weighted by atomic mass is 10.3. The van der Waals surface area contributed by atoms with Gasteiger partial charge in [-0.2, -0.15) is 0 Å². The number of anilines is 1. The molecule has 1 aliphatic heterocycles. The molecule has 4 heteroatoms.